The Balaban J connectivity index is 1.22. The lowest BCUT2D eigenvalue weighted by Crippen LogP contribution is -2.02. The van der Waals surface area contributed by atoms with Crippen LogP contribution in [-0.2, 0) is 6.42 Å². The number of nitrogens with two attached hydrogens (primary N) is 1. The minimum atomic E-state index is 0.0615. The highest BCUT2D eigenvalue weighted by atomic mass is 32.2. The van der Waals surface area contributed by atoms with Crippen molar-refractivity contribution >= 4 is 40.8 Å². The van der Waals surface area contributed by atoms with Gasteiger partial charge < -0.3 is 10.3 Å². The van der Waals surface area contributed by atoms with E-state index in [0.717, 1.165) is 17.7 Å². The van der Waals surface area contributed by atoms with Gasteiger partial charge in [-0.3, -0.25) is 0 Å². The molecule has 0 saturated carbocycles. The van der Waals surface area contributed by atoms with E-state index in [2.05, 4.69) is 150 Å². The van der Waals surface area contributed by atoms with Crippen LogP contribution in [-0.4, -0.2) is 10.9 Å². The molecule has 1 aliphatic carbocycles. The predicted molar refractivity (Wildman–Crippen MR) is 191 cm³/mol. The third-order valence-corrected chi connectivity index (χ3v) is 9.96. The molecule has 5 aromatic carbocycles. The summed E-state index contributed by atoms with van der Waals surface area (Å²) < 4.78 is 2.39. The van der Waals surface area contributed by atoms with Gasteiger partial charge in [-0.25, -0.2) is 4.99 Å². The molecule has 1 aromatic heterocycles. The van der Waals surface area contributed by atoms with E-state index in [0.29, 0.717) is 0 Å². The minimum absolute atomic E-state index is 0.0615. The molecule has 0 bridgehead atoms. The van der Waals surface area contributed by atoms with Gasteiger partial charge in [0.15, 0.2) is 0 Å². The van der Waals surface area contributed by atoms with Crippen LogP contribution in [0.4, 0.5) is 0 Å². The number of para-hydroxylation sites is 1. The van der Waals surface area contributed by atoms with Gasteiger partial charge in [0.05, 0.1) is 23.2 Å². The molecule has 8 rings (SSSR count). The Morgan fingerprint density at radius 3 is 2.31 bits per heavy atom. The van der Waals surface area contributed by atoms with Crippen LogP contribution >= 0.6 is 11.8 Å². The van der Waals surface area contributed by atoms with Gasteiger partial charge in [0, 0.05) is 32.4 Å². The third kappa shape index (κ3) is 4.84. The first-order chi connectivity index (χ1) is 22.3. The van der Waals surface area contributed by atoms with E-state index < -0.39 is 0 Å². The molecule has 1 unspecified atom stereocenters. The molecule has 0 amide bonds. The van der Waals surface area contributed by atoms with Gasteiger partial charge in [-0.1, -0.05) is 127 Å². The fourth-order valence-electron chi connectivity index (χ4n) is 6.69. The van der Waals surface area contributed by atoms with Crippen molar-refractivity contribution in [2.45, 2.75) is 17.2 Å². The topological polar surface area (TPSA) is 43.3 Å². The van der Waals surface area contributed by atoms with E-state index >= 15 is 0 Å². The fourth-order valence-corrected chi connectivity index (χ4v) is 8.00. The molecule has 2 N–H and O–H groups in total. The summed E-state index contributed by atoms with van der Waals surface area (Å²) >= 11 is 1.80. The maximum atomic E-state index is 5.90. The zero-order valence-corrected chi connectivity index (χ0v) is 25.5. The van der Waals surface area contributed by atoms with E-state index in [1.807, 2.05) is 6.07 Å². The molecule has 216 valence electrons. The predicted octanol–water partition coefficient (Wildman–Crippen LogP) is 10.0. The molecule has 1 aliphatic heterocycles. The van der Waals surface area contributed by atoms with Crippen molar-refractivity contribution < 1.29 is 0 Å². The Kier molecular flexibility index (Phi) is 7.05. The van der Waals surface area contributed by atoms with Gasteiger partial charge in [0.25, 0.3) is 0 Å². The largest absolute Gasteiger partial charge is 0.390 e. The summed E-state index contributed by atoms with van der Waals surface area (Å²) in [6, 6.07) is 45.7. The third-order valence-electron chi connectivity index (χ3n) is 8.72. The van der Waals surface area contributed by atoms with Crippen molar-refractivity contribution in [3.05, 3.63) is 178 Å². The van der Waals surface area contributed by atoms with Gasteiger partial charge >= 0.3 is 0 Å². The van der Waals surface area contributed by atoms with Gasteiger partial charge in [0.2, 0.25) is 0 Å². The minimum Gasteiger partial charge on any atom is -0.390 e. The molecule has 0 radical (unpaired) electrons. The van der Waals surface area contributed by atoms with Crippen molar-refractivity contribution in [3.63, 3.8) is 0 Å². The van der Waals surface area contributed by atoms with Gasteiger partial charge in [-0.15, -0.1) is 0 Å². The zero-order chi connectivity index (χ0) is 30.2. The highest BCUT2D eigenvalue weighted by molar-refractivity contribution is 8.03. The second-order valence-electron chi connectivity index (χ2n) is 11.3. The monoisotopic (exact) mass is 597 g/mol. The zero-order valence-electron chi connectivity index (χ0n) is 24.7. The maximum absolute atomic E-state index is 5.90. The van der Waals surface area contributed by atoms with Crippen LogP contribution in [0, 0.1) is 0 Å². The van der Waals surface area contributed by atoms with Crippen LogP contribution in [0.3, 0.4) is 0 Å². The molecule has 2 aliphatic rings. The summed E-state index contributed by atoms with van der Waals surface area (Å²) in [4.78, 5) is 7.15. The summed E-state index contributed by atoms with van der Waals surface area (Å²) in [7, 11) is 0. The van der Waals surface area contributed by atoms with E-state index in [9.17, 15) is 0 Å². The average Bonchev–Trinajstić information content (AvgIpc) is 3.52. The second kappa shape index (κ2) is 11.6. The van der Waals surface area contributed by atoms with Crippen LogP contribution in [0.25, 0.3) is 39.5 Å². The number of aromatic nitrogens is 1. The van der Waals surface area contributed by atoms with Crippen LogP contribution in [0.2, 0.25) is 0 Å². The molecule has 6 aromatic rings. The van der Waals surface area contributed by atoms with Crippen LogP contribution in [0.1, 0.15) is 33.9 Å². The van der Waals surface area contributed by atoms with Crippen LogP contribution < -0.4 is 5.73 Å². The summed E-state index contributed by atoms with van der Waals surface area (Å²) in [5.41, 5.74) is 17.9. The molecule has 4 heteroatoms. The van der Waals surface area contributed by atoms with Crippen LogP contribution in [0.15, 0.2) is 160 Å². The second-order valence-corrected chi connectivity index (χ2v) is 12.4. The molecular weight excluding hydrogens is 567 g/mol. The summed E-state index contributed by atoms with van der Waals surface area (Å²) in [5, 5.41) is 1.31. The quantitative estimate of drug-likeness (QED) is 0.159. The lowest BCUT2D eigenvalue weighted by atomic mass is 9.88. The highest BCUT2D eigenvalue weighted by Crippen LogP contribution is 2.55. The number of aliphatic imine (C=N–C) groups is 1. The molecule has 2 heterocycles. The fraction of sp³-hybridized carbons (Fsp3) is 0.0488. The van der Waals surface area contributed by atoms with E-state index in [1.54, 1.807) is 11.8 Å². The van der Waals surface area contributed by atoms with E-state index in [4.69, 9.17) is 10.7 Å². The molecule has 1 atom stereocenters. The molecule has 0 spiro atoms. The van der Waals surface area contributed by atoms with E-state index in [-0.39, 0.29) is 5.92 Å². The highest BCUT2D eigenvalue weighted by Gasteiger charge is 2.33. The maximum Gasteiger partial charge on any atom is 0.0860 e. The van der Waals surface area contributed by atoms with Crippen molar-refractivity contribution in [1.82, 2.24) is 4.57 Å². The smallest absolute Gasteiger partial charge is 0.0860 e. The number of hydrogen-bond acceptors (Lipinski definition) is 2. The molecular formula is C41H31N3S. The molecule has 0 fully saturated rings. The average molecular weight is 598 g/mol. The summed E-state index contributed by atoms with van der Waals surface area (Å²) in [5.74, 6) is 0.0615. The first-order valence-electron chi connectivity index (χ1n) is 15.3. The van der Waals surface area contributed by atoms with Crippen molar-refractivity contribution in [1.29, 1.82) is 0 Å². The Labute approximate surface area is 267 Å². The lowest BCUT2D eigenvalue weighted by molar-refractivity contribution is 0.998. The van der Waals surface area contributed by atoms with E-state index in [1.165, 1.54) is 66.2 Å². The Morgan fingerprint density at radius 2 is 1.51 bits per heavy atom. The van der Waals surface area contributed by atoms with Crippen molar-refractivity contribution in [2.24, 2.45) is 10.7 Å². The Morgan fingerprint density at radius 1 is 0.778 bits per heavy atom. The Bertz CT molecular complexity index is 2150. The van der Waals surface area contributed by atoms with Crippen LogP contribution in [0.5, 0.6) is 0 Å². The number of allylic oxidation sites excluding steroid dienone is 4. The number of fused-ring (bicyclic) bond motifs is 4. The van der Waals surface area contributed by atoms with Gasteiger partial charge in [-0.05, 0) is 70.6 Å². The standard InChI is InChI=1S/C41H31N3S/c42-27-43-40(30-14-6-2-7-15-30)41-39(29-12-4-1-5-13-29)35-26-31(22-25-38(35)45-41)28-20-23-32(24-21-28)44-36-18-9-3-8-16-33(36)34-17-10-11-19-37(34)44/h1-15,17-27,39H,16H2,(H2,42,43)/b41-40+. The summed E-state index contributed by atoms with van der Waals surface area (Å²) in [6.07, 6.45) is 11.1. The number of thioether (sulfide) groups is 1. The molecule has 0 saturated heterocycles. The molecule has 3 nitrogen and oxygen atoms in total. The first kappa shape index (κ1) is 27.2. The number of hydrogen-bond donors (Lipinski definition) is 1. The SMILES string of the molecule is NC=N/C(=C1/Sc2ccc(-c3ccc(-n4c5c(c6ccccc64)CC=CC=C5)cc3)cc2C1c1ccccc1)c1ccccc1. The molecule has 45 heavy (non-hydrogen) atoms. The lowest BCUT2D eigenvalue weighted by Gasteiger charge is -2.17. The number of rotatable bonds is 5. The van der Waals surface area contributed by atoms with Crippen molar-refractivity contribution in [3.8, 4) is 16.8 Å². The first-order valence-corrected chi connectivity index (χ1v) is 16.1. The summed E-state index contributed by atoms with van der Waals surface area (Å²) in [6.45, 7) is 0. The Hall–Kier alpha value is -5.32. The van der Waals surface area contributed by atoms with Gasteiger partial charge in [0.1, 0.15) is 0 Å². The van der Waals surface area contributed by atoms with Crippen molar-refractivity contribution in [2.75, 3.05) is 0 Å². The normalized spacial score (nSPS) is 16.6. The number of benzene rings is 5. The van der Waals surface area contributed by atoms with Gasteiger partial charge in [-0.2, -0.15) is 0 Å². The number of nitrogens with zero attached hydrogens (tertiary/aromatic N) is 2.